The van der Waals surface area contributed by atoms with E-state index in [1.165, 1.54) is 0 Å². The lowest BCUT2D eigenvalue weighted by atomic mass is 9.91. The molecule has 4 nitrogen and oxygen atoms in total. The Morgan fingerprint density at radius 1 is 0.833 bits per heavy atom. The van der Waals surface area contributed by atoms with Crippen LogP contribution in [0.25, 0.3) is 0 Å². The van der Waals surface area contributed by atoms with Crippen molar-refractivity contribution in [1.82, 2.24) is 5.73 Å². The van der Waals surface area contributed by atoms with Gasteiger partial charge in [-0.05, 0) is 35.1 Å². The Morgan fingerprint density at radius 2 is 1.37 bits per heavy atom. The van der Waals surface area contributed by atoms with E-state index in [1.807, 2.05) is 72.8 Å². The first-order valence-corrected chi connectivity index (χ1v) is 10.3. The minimum Gasteiger partial charge on any atom is -0.452 e. The topological polar surface area (TPSA) is 67.2 Å². The van der Waals surface area contributed by atoms with Gasteiger partial charge in [0.15, 0.2) is 12.0 Å². The standard InChI is InChI=1S/C26H26NO3/c1-2-3-12-19-13-10-11-18-22(19)23(25(27)28)26(29)30-24(20-14-6-4-7-15-20)21-16-8-5-9-17-21/h4-11,13-18,23-24,27H,2-3,12H2,1H3. The number of carbonyl (C=O) groups excluding carboxylic acids is 2. The molecule has 4 heteroatoms. The molecular weight excluding hydrogens is 374 g/mol. The van der Waals surface area contributed by atoms with Gasteiger partial charge in [-0.3, -0.25) is 15.3 Å². The minimum atomic E-state index is -1.26. The Hall–Kier alpha value is -3.40. The highest BCUT2D eigenvalue weighted by Crippen LogP contribution is 2.30. The summed E-state index contributed by atoms with van der Waals surface area (Å²) in [6.07, 6.45) is 2.05. The number of rotatable bonds is 9. The van der Waals surface area contributed by atoms with Gasteiger partial charge in [0, 0.05) is 0 Å². The minimum absolute atomic E-state index is 0.566. The van der Waals surface area contributed by atoms with Gasteiger partial charge in [0.2, 0.25) is 0 Å². The molecular formula is C26H26NO3. The first-order chi connectivity index (χ1) is 14.6. The number of amides is 1. The van der Waals surface area contributed by atoms with Crippen molar-refractivity contribution in [3.05, 3.63) is 107 Å². The average molecular weight is 400 g/mol. The molecule has 0 aromatic heterocycles. The van der Waals surface area contributed by atoms with Crippen molar-refractivity contribution in [3.63, 3.8) is 0 Å². The normalized spacial score (nSPS) is 11.8. The number of nitrogens with one attached hydrogen (secondary N) is 1. The molecule has 1 atom stereocenters. The second-order valence-corrected chi connectivity index (χ2v) is 7.24. The molecule has 0 heterocycles. The van der Waals surface area contributed by atoms with Gasteiger partial charge < -0.3 is 4.74 Å². The maximum atomic E-state index is 13.2. The van der Waals surface area contributed by atoms with Crippen LogP contribution in [0.2, 0.25) is 0 Å². The van der Waals surface area contributed by atoms with Crippen molar-refractivity contribution in [2.45, 2.75) is 38.2 Å². The van der Waals surface area contributed by atoms with Crippen LogP contribution in [0.15, 0.2) is 84.9 Å². The van der Waals surface area contributed by atoms with E-state index in [1.54, 1.807) is 12.1 Å². The second-order valence-electron chi connectivity index (χ2n) is 7.24. The lowest BCUT2D eigenvalue weighted by molar-refractivity contribution is -0.151. The van der Waals surface area contributed by atoms with Gasteiger partial charge in [-0.15, -0.1) is 0 Å². The summed E-state index contributed by atoms with van der Waals surface area (Å²) in [6.45, 7) is 2.09. The van der Waals surface area contributed by atoms with Crippen LogP contribution in [0.5, 0.6) is 0 Å². The molecule has 0 aliphatic rings. The summed E-state index contributed by atoms with van der Waals surface area (Å²) < 4.78 is 5.88. The van der Waals surface area contributed by atoms with Crippen LogP contribution in [0, 0.1) is 0 Å². The molecule has 3 aromatic carbocycles. The molecule has 3 aromatic rings. The first-order valence-electron chi connectivity index (χ1n) is 10.3. The van der Waals surface area contributed by atoms with Gasteiger partial charge in [0.05, 0.1) is 0 Å². The smallest absolute Gasteiger partial charge is 0.324 e. The number of ether oxygens (including phenoxy) is 1. The van der Waals surface area contributed by atoms with E-state index < -0.39 is 23.9 Å². The molecule has 0 saturated heterocycles. The monoisotopic (exact) mass is 400 g/mol. The molecule has 1 N–H and O–H groups in total. The maximum absolute atomic E-state index is 13.2. The van der Waals surface area contributed by atoms with Gasteiger partial charge in [-0.2, -0.15) is 0 Å². The van der Waals surface area contributed by atoms with E-state index in [2.05, 4.69) is 6.92 Å². The average Bonchev–Trinajstić information content (AvgIpc) is 2.78. The zero-order valence-corrected chi connectivity index (χ0v) is 17.1. The van der Waals surface area contributed by atoms with Crippen molar-refractivity contribution >= 4 is 11.9 Å². The highest BCUT2D eigenvalue weighted by atomic mass is 16.5. The van der Waals surface area contributed by atoms with Crippen LogP contribution in [0.1, 0.15) is 54.0 Å². The Bertz CT molecular complexity index is 930. The fraction of sp³-hybridized carbons (Fsp3) is 0.231. The van der Waals surface area contributed by atoms with E-state index in [4.69, 9.17) is 10.5 Å². The fourth-order valence-corrected chi connectivity index (χ4v) is 3.55. The summed E-state index contributed by atoms with van der Waals surface area (Å²) in [5.74, 6) is -2.91. The first kappa shape index (κ1) is 21.3. The molecule has 0 aliphatic heterocycles. The van der Waals surface area contributed by atoms with Crippen molar-refractivity contribution < 1.29 is 14.3 Å². The van der Waals surface area contributed by atoms with E-state index in [9.17, 15) is 9.59 Å². The van der Waals surface area contributed by atoms with Gasteiger partial charge in [0.25, 0.3) is 5.91 Å². The van der Waals surface area contributed by atoms with Crippen molar-refractivity contribution in [2.24, 2.45) is 0 Å². The lowest BCUT2D eigenvalue weighted by Gasteiger charge is -2.22. The van der Waals surface area contributed by atoms with Crippen LogP contribution in [0.3, 0.4) is 0 Å². The molecule has 3 rings (SSSR count). The van der Waals surface area contributed by atoms with Crippen molar-refractivity contribution in [1.29, 1.82) is 0 Å². The highest BCUT2D eigenvalue weighted by molar-refractivity contribution is 6.02. The number of hydrogen-bond donors (Lipinski definition) is 0. The third-order valence-electron chi connectivity index (χ3n) is 5.10. The summed E-state index contributed by atoms with van der Waals surface area (Å²) in [7, 11) is 0. The van der Waals surface area contributed by atoms with E-state index >= 15 is 0 Å². The van der Waals surface area contributed by atoms with Crippen molar-refractivity contribution in [2.75, 3.05) is 0 Å². The number of esters is 1. The van der Waals surface area contributed by atoms with Crippen LogP contribution in [-0.2, 0) is 20.7 Å². The molecule has 1 radical (unpaired) electrons. The Labute approximate surface area is 177 Å². The van der Waals surface area contributed by atoms with Gasteiger partial charge in [-0.25, -0.2) is 0 Å². The predicted octanol–water partition coefficient (Wildman–Crippen LogP) is 5.26. The highest BCUT2D eigenvalue weighted by Gasteiger charge is 2.33. The molecule has 0 saturated carbocycles. The van der Waals surface area contributed by atoms with E-state index in [0.29, 0.717) is 5.56 Å². The van der Waals surface area contributed by atoms with Gasteiger partial charge in [0.1, 0.15) is 0 Å². The molecule has 0 aliphatic carbocycles. The number of hydrogen-bond acceptors (Lipinski definition) is 3. The second kappa shape index (κ2) is 10.4. The number of carbonyl (C=O) groups is 2. The zero-order valence-electron chi connectivity index (χ0n) is 17.1. The molecule has 0 fully saturated rings. The summed E-state index contributed by atoms with van der Waals surface area (Å²) >= 11 is 0. The lowest BCUT2D eigenvalue weighted by Crippen LogP contribution is -2.27. The van der Waals surface area contributed by atoms with Gasteiger partial charge >= 0.3 is 5.97 Å². The zero-order chi connectivity index (χ0) is 21.3. The number of benzene rings is 3. The molecule has 1 amide bonds. The van der Waals surface area contributed by atoms with Crippen LogP contribution in [-0.4, -0.2) is 11.9 Å². The summed E-state index contributed by atoms with van der Waals surface area (Å²) in [4.78, 5) is 25.4. The number of unbranched alkanes of at least 4 members (excludes halogenated alkanes) is 1. The third-order valence-corrected chi connectivity index (χ3v) is 5.10. The summed E-state index contributed by atoms with van der Waals surface area (Å²) in [5.41, 5.74) is 10.9. The molecule has 30 heavy (non-hydrogen) atoms. The fourth-order valence-electron chi connectivity index (χ4n) is 3.55. The Balaban J connectivity index is 1.95. The number of aryl methyl sites for hydroxylation is 1. The SMILES string of the molecule is CCCCc1ccccc1C(C([NH])=O)C(=O)OC(c1ccccc1)c1ccccc1. The van der Waals surface area contributed by atoms with Crippen LogP contribution in [0.4, 0.5) is 0 Å². The predicted molar refractivity (Wildman–Crippen MR) is 117 cm³/mol. The van der Waals surface area contributed by atoms with E-state index in [0.717, 1.165) is 36.0 Å². The van der Waals surface area contributed by atoms with Gasteiger partial charge in [-0.1, -0.05) is 98.3 Å². The molecule has 153 valence electrons. The quantitative estimate of drug-likeness (QED) is 0.364. The van der Waals surface area contributed by atoms with Crippen LogP contribution >= 0.6 is 0 Å². The molecule has 1 unspecified atom stereocenters. The largest absolute Gasteiger partial charge is 0.452 e. The molecule has 0 spiro atoms. The Morgan fingerprint density at radius 3 is 1.90 bits per heavy atom. The van der Waals surface area contributed by atoms with Crippen LogP contribution < -0.4 is 5.73 Å². The summed E-state index contributed by atoms with van der Waals surface area (Å²) in [6, 6.07) is 26.2. The maximum Gasteiger partial charge on any atom is 0.324 e. The molecule has 0 bridgehead atoms. The third kappa shape index (κ3) is 5.15. The summed E-state index contributed by atoms with van der Waals surface area (Å²) in [5, 5.41) is 0. The van der Waals surface area contributed by atoms with E-state index in [-0.39, 0.29) is 0 Å². The van der Waals surface area contributed by atoms with Crippen molar-refractivity contribution in [3.8, 4) is 0 Å². The Kier molecular flexibility index (Phi) is 7.39.